The van der Waals surface area contributed by atoms with Crippen LogP contribution in [-0.4, -0.2) is 12.7 Å². The van der Waals surface area contributed by atoms with Gasteiger partial charge in [-0.05, 0) is 18.8 Å². The van der Waals surface area contributed by atoms with Crippen LogP contribution in [-0.2, 0) is 4.74 Å². The number of ether oxygens (including phenoxy) is 1. The second-order valence-electron chi connectivity index (χ2n) is 2.87. The quantitative estimate of drug-likeness (QED) is 0.543. The Morgan fingerprint density at radius 1 is 0.917 bits per heavy atom. The lowest BCUT2D eigenvalue weighted by atomic mass is 9.96. The Hall–Kier alpha value is -0.0400. The lowest BCUT2D eigenvalue weighted by Gasteiger charge is -2.09. The summed E-state index contributed by atoms with van der Waals surface area (Å²) >= 11 is 0. The molecule has 1 saturated heterocycles. The molecule has 0 aliphatic carbocycles. The first kappa shape index (κ1) is 14.5. The maximum atomic E-state index is 5.38. The minimum atomic E-state index is 0.491. The Balaban J connectivity index is 0. The Labute approximate surface area is 78.5 Å². The summed E-state index contributed by atoms with van der Waals surface area (Å²) in [6, 6.07) is 0. The summed E-state index contributed by atoms with van der Waals surface area (Å²) < 4.78 is 5.38. The van der Waals surface area contributed by atoms with Crippen LogP contribution in [0, 0.1) is 11.8 Å². The van der Waals surface area contributed by atoms with E-state index in [1.54, 1.807) is 0 Å². The predicted molar refractivity (Wildman–Crippen MR) is 56.4 cm³/mol. The van der Waals surface area contributed by atoms with E-state index in [2.05, 4.69) is 20.8 Å². The van der Waals surface area contributed by atoms with E-state index in [1.165, 1.54) is 0 Å². The van der Waals surface area contributed by atoms with E-state index < -0.39 is 0 Å². The highest BCUT2D eigenvalue weighted by Gasteiger charge is 2.26. The summed E-state index contributed by atoms with van der Waals surface area (Å²) in [5.41, 5.74) is 0. The van der Waals surface area contributed by atoms with Gasteiger partial charge in [-0.3, -0.25) is 0 Å². The van der Waals surface area contributed by atoms with Gasteiger partial charge < -0.3 is 4.74 Å². The first-order valence-electron chi connectivity index (χ1n) is 5.33. The van der Waals surface area contributed by atoms with Gasteiger partial charge in [0.1, 0.15) is 0 Å². The van der Waals surface area contributed by atoms with E-state index in [0.29, 0.717) is 6.10 Å². The number of hydrogen-bond acceptors (Lipinski definition) is 1. The Bertz CT molecular complexity index is 71.1. The van der Waals surface area contributed by atoms with Gasteiger partial charge in [-0.2, -0.15) is 0 Å². The highest BCUT2D eigenvalue weighted by Crippen LogP contribution is 2.24. The Morgan fingerprint density at radius 3 is 1.42 bits per heavy atom. The molecule has 3 atom stereocenters. The first-order chi connectivity index (χ1) is 5.72. The summed E-state index contributed by atoms with van der Waals surface area (Å²) in [5, 5.41) is 0. The largest absolute Gasteiger partial charge is 0.378 e. The topological polar surface area (TPSA) is 9.23 Å². The van der Waals surface area contributed by atoms with Crippen LogP contribution >= 0.6 is 0 Å². The van der Waals surface area contributed by atoms with Gasteiger partial charge >= 0.3 is 0 Å². The molecule has 76 valence electrons. The molecule has 0 aromatic heterocycles. The SMILES string of the molecule is CC.CC.CC1COC(C)C1C. The van der Waals surface area contributed by atoms with Gasteiger partial charge in [-0.25, -0.2) is 0 Å². The van der Waals surface area contributed by atoms with Gasteiger partial charge in [0.25, 0.3) is 0 Å². The van der Waals surface area contributed by atoms with Crippen molar-refractivity contribution in [3.8, 4) is 0 Å². The molecule has 1 nitrogen and oxygen atoms in total. The Morgan fingerprint density at radius 2 is 1.33 bits per heavy atom. The molecule has 1 heterocycles. The molecule has 0 aromatic rings. The maximum Gasteiger partial charge on any atom is 0.0576 e. The lowest BCUT2D eigenvalue weighted by Crippen LogP contribution is -2.10. The summed E-state index contributed by atoms with van der Waals surface area (Å²) in [4.78, 5) is 0. The Kier molecular flexibility index (Phi) is 10.9. The zero-order valence-electron chi connectivity index (χ0n) is 9.85. The fourth-order valence-electron chi connectivity index (χ4n) is 1.07. The minimum Gasteiger partial charge on any atom is -0.378 e. The maximum absolute atomic E-state index is 5.38. The van der Waals surface area contributed by atoms with Gasteiger partial charge in [0.2, 0.25) is 0 Å². The van der Waals surface area contributed by atoms with Crippen LogP contribution in [0.3, 0.4) is 0 Å². The average molecular weight is 174 g/mol. The molecular formula is C11H26O. The van der Waals surface area contributed by atoms with Gasteiger partial charge in [-0.15, -0.1) is 0 Å². The lowest BCUT2D eigenvalue weighted by molar-refractivity contribution is 0.108. The minimum absolute atomic E-state index is 0.491. The molecule has 1 aliphatic heterocycles. The second-order valence-corrected chi connectivity index (χ2v) is 2.87. The van der Waals surface area contributed by atoms with Crippen LogP contribution in [0.1, 0.15) is 48.5 Å². The van der Waals surface area contributed by atoms with Gasteiger partial charge in [-0.1, -0.05) is 41.5 Å². The smallest absolute Gasteiger partial charge is 0.0576 e. The number of rotatable bonds is 0. The van der Waals surface area contributed by atoms with E-state index in [0.717, 1.165) is 18.4 Å². The predicted octanol–water partition coefficient (Wildman–Crippen LogP) is 3.73. The van der Waals surface area contributed by atoms with E-state index >= 15 is 0 Å². The second kappa shape index (κ2) is 9.05. The van der Waals surface area contributed by atoms with Crippen LogP contribution in [0.15, 0.2) is 0 Å². The van der Waals surface area contributed by atoms with Gasteiger partial charge in [0.05, 0.1) is 6.10 Å². The molecule has 1 fully saturated rings. The van der Waals surface area contributed by atoms with E-state index in [-0.39, 0.29) is 0 Å². The molecule has 0 saturated carbocycles. The van der Waals surface area contributed by atoms with Gasteiger partial charge in [0, 0.05) is 6.61 Å². The molecule has 0 amide bonds. The third-order valence-corrected chi connectivity index (χ3v) is 2.26. The highest BCUT2D eigenvalue weighted by atomic mass is 16.5. The van der Waals surface area contributed by atoms with Crippen LogP contribution in [0.5, 0.6) is 0 Å². The molecule has 0 aromatic carbocycles. The van der Waals surface area contributed by atoms with E-state index in [4.69, 9.17) is 4.74 Å². The normalized spacial score (nSPS) is 32.8. The third kappa shape index (κ3) is 4.76. The van der Waals surface area contributed by atoms with E-state index in [1.807, 2.05) is 27.7 Å². The fraction of sp³-hybridized carbons (Fsp3) is 1.00. The van der Waals surface area contributed by atoms with Crippen LogP contribution in [0.4, 0.5) is 0 Å². The summed E-state index contributed by atoms with van der Waals surface area (Å²) in [5.74, 6) is 1.53. The van der Waals surface area contributed by atoms with Crippen molar-refractivity contribution in [1.29, 1.82) is 0 Å². The van der Waals surface area contributed by atoms with Crippen molar-refractivity contribution in [2.24, 2.45) is 11.8 Å². The molecule has 1 aliphatic rings. The zero-order valence-corrected chi connectivity index (χ0v) is 9.85. The van der Waals surface area contributed by atoms with Crippen molar-refractivity contribution >= 4 is 0 Å². The van der Waals surface area contributed by atoms with Gasteiger partial charge in [0.15, 0.2) is 0 Å². The van der Waals surface area contributed by atoms with E-state index in [9.17, 15) is 0 Å². The third-order valence-electron chi connectivity index (χ3n) is 2.26. The molecule has 1 rings (SSSR count). The standard InChI is InChI=1S/C7H14O.2C2H6/c1-5-4-8-7(3)6(5)2;2*1-2/h5-7H,4H2,1-3H3;2*1-2H3. The fourth-order valence-corrected chi connectivity index (χ4v) is 1.07. The highest BCUT2D eigenvalue weighted by molar-refractivity contribution is 4.73. The molecular weight excluding hydrogens is 148 g/mol. The van der Waals surface area contributed by atoms with Crippen molar-refractivity contribution < 1.29 is 4.74 Å². The summed E-state index contributed by atoms with van der Waals surface area (Å²) in [7, 11) is 0. The molecule has 12 heavy (non-hydrogen) atoms. The van der Waals surface area contributed by atoms with Crippen molar-refractivity contribution in [1.82, 2.24) is 0 Å². The van der Waals surface area contributed by atoms with Crippen molar-refractivity contribution in [3.05, 3.63) is 0 Å². The molecule has 0 N–H and O–H groups in total. The first-order valence-corrected chi connectivity index (χ1v) is 5.33. The molecule has 0 bridgehead atoms. The van der Waals surface area contributed by atoms with Crippen molar-refractivity contribution in [3.63, 3.8) is 0 Å². The number of hydrogen-bond donors (Lipinski definition) is 0. The van der Waals surface area contributed by atoms with Crippen LogP contribution in [0.25, 0.3) is 0 Å². The average Bonchev–Trinajstić information content (AvgIpc) is 2.43. The monoisotopic (exact) mass is 174 g/mol. The summed E-state index contributed by atoms with van der Waals surface area (Å²) in [6.45, 7) is 15.6. The molecule has 0 spiro atoms. The van der Waals surface area contributed by atoms with Crippen molar-refractivity contribution in [2.45, 2.75) is 54.6 Å². The van der Waals surface area contributed by atoms with Crippen molar-refractivity contribution in [2.75, 3.05) is 6.61 Å². The molecule has 3 unspecified atom stereocenters. The van der Waals surface area contributed by atoms with Crippen LogP contribution in [0.2, 0.25) is 0 Å². The summed E-state index contributed by atoms with van der Waals surface area (Å²) in [6.07, 6.45) is 0.491. The molecule has 0 radical (unpaired) electrons. The molecule has 1 heteroatoms. The zero-order chi connectivity index (χ0) is 10.1. The van der Waals surface area contributed by atoms with Crippen LogP contribution < -0.4 is 0 Å².